The van der Waals surface area contributed by atoms with E-state index >= 15 is 0 Å². The zero-order valence-electron chi connectivity index (χ0n) is 17.1. The third-order valence-electron chi connectivity index (χ3n) is 6.09. The van der Waals surface area contributed by atoms with Gasteiger partial charge >= 0.3 is 0 Å². The first-order valence-electron chi connectivity index (χ1n) is 10.6. The Labute approximate surface area is 172 Å². The predicted octanol–water partition coefficient (Wildman–Crippen LogP) is 2.18. The molecular formula is C22H30N6O. The summed E-state index contributed by atoms with van der Waals surface area (Å²) in [6.07, 6.45) is 7.71. The highest BCUT2D eigenvalue weighted by molar-refractivity contribution is 5.78. The van der Waals surface area contributed by atoms with Gasteiger partial charge in [-0.25, -0.2) is 9.97 Å². The van der Waals surface area contributed by atoms with Crippen molar-refractivity contribution in [2.75, 3.05) is 31.1 Å². The van der Waals surface area contributed by atoms with E-state index in [1.54, 1.807) is 12.5 Å². The van der Waals surface area contributed by atoms with Crippen molar-refractivity contribution in [1.82, 2.24) is 25.2 Å². The number of hydrogen-bond acceptors (Lipinski definition) is 6. The highest BCUT2D eigenvalue weighted by Crippen LogP contribution is 2.26. The highest BCUT2D eigenvalue weighted by atomic mass is 16.1. The molecule has 2 fully saturated rings. The standard InChI is InChI=1S/C22H30N6O/c1-17-13-21(26-16-25-17)27-11-7-20(8-12-27)28-10-4-5-18(15-28)22(29)24-14-19-6-2-3-9-23-19/h2-3,6,9,13,16,18,20H,4-5,7-8,10-12,14-15H2,1H3,(H,24,29)/t18-/m0/s1. The van der Waals surface area contributed by atoms with Crippen molar-refractivity contribution in [1.29, 1.82) is 0 Å². The Balaban J connectivity index is 1.27. The minimum atomic E-state index is 0.0787. The highest BCUT2D eigenvalue weighted by Gasteiger charge is 2.31. The molecule has 4 rings (SSSR count). The molecule has 0 aromatic carbocycles. The molecule has 2 aromatic rings. The molecule has 7 nitrogen and oxygen atoms in total. The van der Waals surface area contributed by atoms with Gasteiger partial charge in [-0.3, -0.25) is 14.7 Å². The van der Waals surface area contributed by atoms with Crippen molar-refractivity contribution in [3.8, 4) is 0 Å². The van der Waals surface area contributed by atoms with Crippen LogP contribution in [0.2, 0.25) is 0 Å². The van der Waals surface area contributed by atoms with Crippen LogP contribution in [0.4, 0.5) is 5.82 Å². The van der Waals surface area contributed by atoms with Crippen LogP contribution in [0, 0.1) is 12.8 Å². The topological polar surface area (TPSA) is 74.2 Å². The first-order chi connectivity index (χ1) is 14.2. The van der Waals surface area contributed by atoms with Gasteiger partial charge in [0, 0.05) is 43.6 Å². The summed E-state index contributed by atoms with van der Waals surface area (Å²) < 4.78 is 0. The molecule has 154 valence electrons. The second-order valence-electron chi connectivity index (χ2n) is 8.11. The molecule has 4 heterocycles. The van der Waals surface area contributed by atoms with Crippen molar-refractivity contribution < 1.29 is 4.79 Å². The maximum absolute atomic E-state index is 12.7. The number of aromatic nitrogens is 3. The lowest BCUT2D eigenvalue weighted by Gasteiger charge is -2.42. The predicted molar refractivity (Wildman–Crippen MR) is 112 cm³/mol. The number of nitrogens with one attached hydrogen (secondary N) is 1. The van der Waals surface area contributed by atoms with E-state index in [-0.39, 0.29) is 11.8 Å². The average molecular weight is 395 g/mol. The number of hydrogen-bond donors (Lipinski definition) is 1. The molecule has 0 radical (unpaired) electrons. The molecule has 0 spiro atoms. The van der Waals surface area contributed by atoms with Gasteiger partial charge in [0.05, 0.1) is 18.2 Å². The number of carbonyl (C=O) groups is 1. The molecule has 0 unspecified atom stereocenters. The smallest absolute Gasteiger partial charge is 0.224 e. The first kappa shape index (κ1) is 19.8. The van der Waals surface area contributed by atoms with Gasteiger partial charge in [-0.05, 0) is 51.3 Å². The van der Waals surface area contributed by atoms with Gasteiger partial charge in [-0.1, -0.05) is 6.07 Å². The number of pyridine rings is 1. The lowest BCUT2D eigenvalue weighted by molar-refractivity contribution is -0.127. The summed E-state index contributed by atoms with van der Waals surface area (Å²) >= 11 is 0. The molecular weight excluding hydrogens is 364 g/mol. The van der Waals surface area contributed by atoms with E-state index < -0.39 is 0 Å². The van der Waals surface area contributed by atoms with E-state index in [1.807, 2.05) is 25.1 Å². The number of anilines is 1. The molecule has 2 aliphatic heterocycles. The minimum absolute atomic E-state index is 0.0787. The van der Waals surface area contributed by atoms with Crippen molar-refractivity contribution in [2.45, 2.75) is 45.2 Å². The number of rotatable bonds is 5. The van der Waals surface area contributed by atoms with Crippen LogP contribution >= 0.6 is 0 Å². The summed E-state index contributed by atoms with van der Waals surface area (Å²) in [5.41, 5.74) is 1.91. The third kappa shape index (κ3) is 5.09. The monoisotopic (exact) mass is 394 g/mol. The van der Waals surface area contributed by atoms with E-state index in [9.17, 15) is 4.79 Å². The van der Waals surface area contributed by atoms with Gasteiger partial charge in [0.25, 0.3) is 0 Å². The molecule has 1 amide bonds. The van der Waals surface area contributed by atoms with Crippen molar-refractivity contribution >= 4 is 11.7 Å². The Bertz CT molecular complexity index is 806. The van der Waals surface area contributed by atoms with Gasteiger partial charge in [-0.2, -0.15) is 0 Å². The molecule has 1 atom stereocenters. The van der Waals surface area contributed by atoms with Crippen LogP contribution in [0.25, 0.3) is 0 Å². The average Bonchev–Trinajstić information content (AvgIpc) is 2.78. The molecule has 7 heteroatoms. The van der Waals surface area contributed by atoms with Gasteiger partial charge < -0.3 is 10.2 Å². The van der Waals surface area contributed by atoms with Crippen LogP contribution < -0.4 is 10.2 Å². The Morgan fingerprint density at radius 2 is 2.00 bits per heavy atom. The number of carbonyl (C=O) groups excluding carboxylic acids is 1. The maximum atomic E-state index is 12.7. The number of nitrogens with zero attached hydrogens (tertiary/aromatic N) is 5. The van der Waals surface area contributed by atoms with E-state index in [1.165, 1.54) is 0 Å². The van der Waals surface area contributed by atoms with Crippen LogP contribution in [-0.2, 0) is 11.3 Å². The van der Waals surface area contributed by atoms with Gasteiger partial charge in [-0.15, -0.1) is 0 Å². The summed E-state index contributed by atoms with van der Waals surface area (Å²) in [6, 6.07) is 8.40. The van der Waals surface area contributed by atoms with Crippen LogP contribution in [0.1, 0.15) is 37.1 Å². The Morgan fingerprint density at radius 1 is 1.14 bits per heavy atom. The van der Waals surface area contributed by atoms with Crippen LogP contribution in [-0.4, -0.2) is 58.0 Å². The lowest BCUT2D eigenvalue weighted by Crippen LogP contribution is -2.51. The van der Waals surface area contributed by atoms with E-state index in [0.29, 0.717) is 12.6 Å². The SMILES string of the molecule is Cc1cc(N2CCC(N3CCC[C@H](C(=O)NCc4ccccn4)C3)CC2)ncn1. The molecule has 2 saturated heterocycles. The quantitative estimate of drug-likeness (QED) is 0.838. The maximum Gasteiger partial charge on any atom is 0.224 e. The molecule has 29 heavy (non-hydrogen) atoms. The Hall–Kier alpha value is -2.54. The molecule has 2 aliphatic rings. The van der Waals surface area contributed by atoms with Crippen molar-refractivity contribution in [3.63, 3.8) is 0 Å². The Kier molecular flexibility index (Phi) is 6.34. The summed E-state index contributed by atoms with van der Waals surface area (Å²) in [5, 5.41) is 3.08. The van der Waals surface area contributed by atoms with Gasteiger partial charge in [0.15, 0.2) is 0 Å². The fourth-order valence-electron chi connectivity index (χ4n) is 4.45. The normalized spacial score (nSPS) is 21.1. The summed E-state index contributed by atoms with van der Waals surface area (Å²) in [7, 11) is 0. The van der Waals surface area contributed by atoms with Crippen LogP contribution in [0.3, 0.4) is 0 Å². The summed E-state index contributed by atoms with van der Waals surface area (Å²) in [6.45, 7) is 6.49. The van der Waals surface area contributed by atoms with Gasteiger partial charge in [0.1, 0.15) is 12.1 Å². The summed E-state index contributed by atoms with van der Waals surface area (Å²) in [5.74, 6) is 1.27. The van der Waals surface area contributed by atoms with E-state index in [2.05, 4.69) is 36.1 Å². The Morgan fingerprint density at radius 3 is 2.76 bits per heavy atom. The lowest BCUT2D eigenvalue weighted by atomic mass is 9.93. The molecule has 0 aliphatic carbocycles. The van der Waals surface area contributed by atoms with Crippen molar-refractivity contribution in [3.05, 3.63) is 48.2 Å². The molecule has 0 saturated carbocycles. The number of piperidine rings is 2. The number of aryl methyl sites for hydroxylation is 1. The molecule has 1 N–H and O–H groups in total. The fraction of sp³-hybridized carbons (Fsp3) is 0.545. The zero-order valence-corrected chi connectivity index (χ0v) is 17.1. The second-order valence-corrected chi connectivity index (χ2v) is 8.11. The molecule has 0 bridgehead atoms. The molecule has 2 aromatic heterocycles. The minimum Gasteiger partial charge on any atom is -0.356 e. The van der Waals surface area contributed by atoms with Crippen LogP contribution in [0.15, 0.2) is 36.8 Å². The summed E-state index contributed by atoms with van der Waals surface area (Å²) in [4.78, 5) is 30.5. The number of likely N-dealkylation sites (tertiary alicyclic amines) is 1. The number of amides is 1. The van der Waals surface area contributed by atoms with E-state index in [4.69, 9.17) is 0 Å². The largest absolute Gasteiger partial charge is 0.356 e. The zero-order chi connectivity index (χ0) is 20.1. The fourth-order valence-corrected chi connectivity index (χ4v) is 4.45. The van der Waals surface area contributed by atoms with Crippen molar-refractivity contribution in [2.24, 2.45) is 5.92 Å². The second kappa shape index (κ2) is 9.31. The first-order valence-corrected chi connectivity index (χ1v) is 10.6. The van der Waals surface area contributed by atoms with Gasteiger partial charge in [0.2, 0.25) is 5.91 Å². The van der Waals surface area contributed by atoms with E-state index in [0.717, 1.165) is 69.1 Å². The van der Waals surface area contributed by atoms with Crippen LogP contribution in [0.5, 0.6) is 0 Å². The third-order valence-corrected chi connectivity index (χ3v) is 6.09.